The molecule has 7 nitrogen and oxygen atoms in total. The molecule has 0 bridgehead atoms. The highest BCUT2D eigenvalue weighted by Gasteiger charge is 2.34. The van der Waals surface area contributed by atoms with Crippen LogP contribution in [-0.2, 0) is 24.3 Å². The Balaban J connectivity index is 2.28. The van der Waals surface area contributed by atoms with Crippen molar-refractivity contribution in [3.05, 3.63) is 66.2 Å². The van der Waals surface area contributed by atoms with Crippen molar-refractivity contribution in [3.8, 4) is 0 Å². The number of hydrogen-bond acceptors (Lipinski definition) is 5. The van der Waals surface area contributed by atoms with Crippen LogP contribution < -0.4 is 4.72 Å². The van der Waals surface area contributed by atoms with Crippen molar-refractivity contribution in [1.29, 1.82) is 0 Å². The summed E-state index contributed by atoms with van der Waals surface area (Å²) in [4.78, 5) is 26.8. The molecule has 0 aliphatic heterocycles. The van der Waals surface area contributed by atoms with E-state index < -0.39 is 40.0 Å². The molecule has 0 aliphatic rings. The molecule has 0 fully saturated rings. The highest BCUT2D eigenvalue weighted by atomic mass is 32.2. The van der Waals surface area contributed by atoms with Crippen LogP contribution in [0.5, 0.6) is 0 Å². The summed E-state index contributed by atoms with van der Waals surface area (Å²) in [6, 6.07) is 15.2. The molecule has 2 atom stereocenters. The summed E-state index contributed by atoms with van der Waals surface area (Å²) in [6.07, 6.45) is -1.17. The highest BCUT2D eigenvalue weighted by molar-refractivity contribution is 7.89. The molecule has 0 saturated heterocycles. The van der Waals surface area contributed by atoms with Gasteiger partial charge in [0.25, 0.3) is 5.91 Å². The third-order valence-electron chi connectivity index (χ3n) is 4.26. The second-order valence-corrected chi connectivity index (χ2v) is 8.83. The van der Waals surface area contributed by atoms with E-state index in [1.54, 1.807) is 76.5 Å². The molecule has 1 amide bonds. The first-order chi connectivity index (χ1) is 13.6. The second-order valence-electron chi connectivity index (χ2n) is 7.12. The average Bonchev–Trinajstić information content (AvgIpc) is 2.70. The summed E-state index contributed by atoms with van der Waals surface area (Å²) in [5.41, 5.74) is 0.507. The number of carbonyl (C=O) groups is 2. The number of likely N-dealkylation sites (N-methyl/N-ethyl adjacent to an activating group) is 1. The van der Waals surface area contributed by atoms with E-state index in [-0.39, 0.29) is 4.90 Å². The monoisotopic (exact) mass is 418 g/mol. The maximum absolute atomic E-state index is 12.9. The first-order valence-corrected chi connectivity index (χ1v) is 10.7. The zero-order valence-electron chi connectivity index (χ0n) is 16.9. The number of ether oxygens (including phenoxy) is 1. The molecular weight excluding hydrogens is 392 g/mol. The number of carbonyl (C=O) groups excluding carboxylic acids is 2. The van der Waals surface area contributed by atoms with E-state index in [0.717, 1.165) is 0 Å². The molecule has 0 saturated carbocycles. The van der Waals surface area contributed by atoms with Gasteiger partial charge >= 0.3 is 5.97 Å². The minimum atomic E-state index is -3.93. The van der Waals surface area contributed by atoms with E-state index in [1.807, 2.05) is 0 Å². The van der Waals surface area contributed by atoms with Crippen LogP contribution in [0, 0.1) is 5.92 Å². The maximum Gasteiger partial charge on any atom is 0.325 e. The Morgan fingerprint density at radius 1 is 0.931 bits per heavy atom. The molecule has 0 radical (unpaired) electrons. The minimum absolute atomic E-state index is 0.0439. The number of nitrogens with one attached hydrogen (secondary N) is 1. The normalized spacial score (nSPS) is 13.6. The SMILES string of the molecule is CC(C)[C@H](NS(=O)(=O)c1ccccc1)C(=O)O[C@H](C(=O)N(C)C)c1ccccc1. The van der Waals surface area contributed by atoms with E-state index in [9.17, 15) is 18.0 Å². The van der Waals surface area contributed by atoms with Crippen LogP contribution in [0.3, 0.4) is 0 Å². The van der Waals surface area contributed by atoms with Gasteiger partial charge in [0, 0.05) is 19.7 Å². The Kier molecular flexibility index (Phi) is 7.53. The van der Waals surface area contributed by atoms with Crippen LogP contribution in [0.4, 0.5) is 0 Å². The highest BCUT2D eigenvalue weighted by Crippen LogP contribution is 2.22. The quantitative estimate of drug-likeness (QED) is 0.665. The molecule has 8 heteroatoms. The van der Waals surface area contributed by atoms with Crippen molar-refractivity contribution in [2.45, 2.75) is 30.9 Å². The fraction of sp³-hybridized carbons (Fsp3) is 0.333. The summed E-state index contributed by atoms with van der Waals surface area (Å²) in [5, 5.41) is 0. The summed E-state index contributed by atoms with van der Waals surface area (Å²) in [7, 11) is -0.813. The summed E-state index contributed by atoms with van der Waals surface area (Å²) in [5.74, 6) is -1.63. The number of esters is 1. The number of benzene rings is 2. The lowest BCUT2D eigenvalue weighted by Gasteiger charge is -2.26. The van der Waals surface area contributed by atoms with Crippen molar-refractivity contribution in [3.63, 3.8) is 0 Å². The molecule has 0 spiro atoms. The minimum Gasteiger partial charge on any atom is -0.446 e. The Bertz CT molecular complexity index is 928. The molecule has 0 aromatic heterocycles. The Morgan fingerprint density at radius 3 is 1.93 bits per heavy atom. The molecule has 156 valence electrons. The first-order valence-electron chi connectivity index (χ1n) is 9.17. The van der Waals surface area contributed by atoms with E-state index in [2.05, 4.69) is 4.72 Å². The van der Waals surface area contributed by atoms with Gasteiger partial charge in [-0.15, -0.1) is 0 Å². The first kappa shape index (κ1) is 22.6. The van der Waals surface area contributed by atoms with Gasteiger partial charge in [-0.05, 0) is 18.1 Å². The molecule has 1 N–H and O–H groups in total. The van der Waals surface area contributed by atoms with Crippen LogP contribution in [0.2, 0.25) is 0 Å². The number of rotatable bonds is 8. The van der Waals surface area contributed by atoms with Crippen molar-refractivity contribution in [2.24, 2.45) is 5.92 Å². The summed E-state index contributed by atoms with van der Waals surface area (Å²) in [6.45, 7) is 3.40. The third kappa shape index (κ3) is 5.88. The number of amides is 1. The molecular formula is C21H26N2O5S. The fourth-order valence-electron chi connectivity index (χ4n) is 2.60. The van der Waals surface area contributed by atoms with Gasteiger partial charge in [0.1, 0.15) is 6.04 Å². The zero-order chi connectivity index (χ0) is 21.6. The number of nitrogens with zero attached hydrogens (tertiary/aromatic N) is 1. The van der Waals surface area contributed by atoms with Gasteiger partial charge in [-0.1, -0.05) is 62.4 Å². The maximum atomic E-state index is 12.9. The molecule has 0 unspecified atom stereocenters. The molecule has 29 heavy (non-hydrogen) atoms. The van der Waals surface area contributed by atoms with Crippen LogP contribution >= 0.6 is 0 Å². The Labute approximate surface area is 171 Å². The van der Waals surface area contributed by atoms with Crippen molar-refractivity contribution >= 4 is 21.9 Å². The Hall–Kier alpha value is -2.71. The molecule has 0 aliphatic carbocycles. The van der Waals surface area contributed by atoms with E-state index in [1.165, 1.54) is 17.0 Å². The van der Waals surface area contributed by atoms with Gasteiger partial charge in [-0.25, -0.2) is 8.42 Å². The predicted molar refractivity (Wildman–Crippen MR) is 109 cm³/mol. The van der Waals surface area contributed by atoms with Gasteiger partial charge in [0.15, 0.2) is 0 Å². The Morgan fingerprint density at radius 2 is 1.45 bits per heavy atom. The third-order valence-corrected chi connectivity index (χ3v) is 5.71. The lowest BCUT2D eigenvalue weighted by molar-refractivity contribution is -0.162. The van der Waals surface area contributed by atoms with Gasteiger partial charge in [0.2, 0.25) is 16.1 Å². The fourth-order valence-corrected chi connectivity index (χ4v) is 3.96. The van der Waals surface area contributed by atoms with Crippen LogP contribution in [0.15, 0.2) is 65.6 Å². The summed E-state index contributed by atoms with van der Waals surface area (Å²) < 4.78 is 33.2. The van der Waals surface area contributed by atoms with Gasteiger partial charge in [-0.3, -0.25) is 9.59 Å². The lowest BCUT2D eigenvalue weighted by Crippen LogP contribution is -2.46. The van der Waals surface area contributed by atoms with Crippen LogP contribution in [0.25, 0.3) is 0 Å². The number of hydrogen-bond donors (Lipinski definition) is 1. The molecule has 2 rings (SSSR count). The van der Waals surface area contributed by atoms with E-state index in [4.69, 9.17) is 4.74 Å². The molecule has 2 aromatic carbocycles. The van der Waals surface area contributed by atoms with Crippen LogP contribution in [-0.4, -0.2) is 45.3 Å². The average molecular weight is 419 g/mol. The van der Waals surface area contributed by atoms with E-state index >= 15 is 0 Å². The van der Waals surface area contributed by atoms with Crippen molar-refractivity contribution in [1.82, 2.24) is 9.62 Å². The smallest absolute Gasteiger partial charge is 0.325 e. The van der Waals surface area contributed by atoms with Crippen molar-refractivity contribution < 1.29 is 22.7 Å². The van der Waals surface area contributed by atoms with Crippen LogP contribution in [0.1, 0.15) is 25.5 Å². The molecule has 2 aromatic rings. The summed E-state index contributed by atoms with van der Waals surface area (Å²) >= 11 is 0. The van der Waals surface area contributed by atoms with Gasteiger partial charge in [0.05, 0.1) is 4.90 Å². The second kappa shape index (κ2) is 9.67. The van der Waals surface area contributed by atoms with Gasteiger partial charge in [-0.2, -0.15) is 4.72 Å². The topological polar surface area (TPSA) is 92.8 Å². The zero-order valence-corrected chi connectivity index (χ0v) is 17.7. The lowest BCUT2D eigenvalue weighted by atomic mass is 10.1. The standard InChI is InChI=1S/C21H26N2O5S/c1-15(2)18(22-29(26,27)17-13-9-6-10-14-17)21(25)28-19(20(24)23(3)4)16-11-7-5-8-12-16/h5-15,18-19,22H,1-4H3/t18-,19-/m0/s1. The van der Waals surface area contributed by atoms with Gasteiger partial charge < -0.3 is 9.64 Å². The van der Waals surface area contributed by atoms with E-state index in [0.29, 0.717) is 5.56 Å². The van der Waals surface area contributed by atoms with Crippen molar-refractivity contribution in [2.75, 3.05) is 14.1 Å². The number of sulfonamides is 1. The molecule has 0 heterocycles. The largest absolute Gasteiger partial charge is 0.446 e. The predicted octanol–water partition coefficient (Wildman–Crippen LogP) is 2.36.